The van der Waals surface area contributed by atoms with Gasteiger partial charge < -0.3 is 15.5 Å². The van der Waals surface area contributed by atoms with Gasteiger partial charge in [0, 0.05) is 29.7 Å². The molecule has 0 amide bonds. The molecule has 5 nitrogen and oxygen atoms in total. The number of fused-ring (bicyclic) bond motifs is 1. The number of ether oxygens (including phenoxy) is 1. The highest BCUT2D eigenvalue weighted by molar-refractivity contribution is 5.80. The lowest BCUT2D eigenvalue weighted by Gasteiger charge is -2.05. The van der Waals surface area contributed by atoms with Gasteiger partial charge in [-0.1, -0.05) is 0 Å². The Kier molecular flexibility index (Phi) is 2.66. The van der Waals surface area contributed by atoms with Gasteiger partial charge in [-0.25, -0.2) is 9.97 Å². The summed E-state index contributed by atoms with van der Waals surface area (Å²) in [6.07, 6.45) is 3.35. The number of H-pyrrole nitrogens is 1. The van der Waals surface area contributed by atoms with Gasteiger partial charge in [-0.2, -0.15) is 0 Å². The van der Waals surface area contributed by atoms with E-state index in [0.717, 1.165) is 22.3 Å². The predicted molar refractivity (Wildman–Crippen MR) is 68.3 cm³/mol. The van der Waals surface area contributed by atoms with E-state index < -0.39 is 0 Å². The molecule has 0 saturated carbocycles. The van der Waals surface area contributed by atoms with Crippen molar-refractivity contribution in [1.82, 2.24) is 15.0 Å². The monoisotopic (exact) mass is 240 g/mol. The number of aromatic nitrogens is 3. The first-order chi connectivity index (χ1) is 8.85. The molecule has 0 radical (unpaired) electrons. The second-order valence-corrected chi connectivity index (χ2v) is 3.88. The number of nitrogens with zero attached hydrogens (tertiary/aromatic N) is 2. The van der Waals surface area contributed by atoms with Crippen LogP contribution >= 0.6 is 0 Å². The molecule has 0 aliphatic carbocycles. The molecular weight excluding hydrogens is 228 g/mol. The predicted octanol–water partition coefficient (Wildman–Crippen LogP) is 2.21. The third-order valence-electron chi connectivity index (χ3n) is 2.65. The van der Waals surface area contributed by atoms with Crippen molar-refractivity contribution in [2.75, 3.05) is 0 Å². The lowest BCUT2D eigenvalue weighted by Crippen LogP contribution is -2.00. The summed E-state index contributed by atoms with van der Waals surface area (Å²) < 4.78 is 5.68. The second kappa shape index (κ2) is 4.46. The van der Waals surface area contributed by atoms with Crippen molar-refractivity contribution in [1.29, 1.82) is 0 Å². The molecule has 2 aromatic heterocycles. The van der Waals surface area contributed by atoms with Crippen LogP contribution in [0.25, 0.3) is 10.9 Å². The number of hydrogen-bond donors (Lipinski definition) is 2. The van der Waals surface area contributed by atoms with Crippen molar-refractivity contribution in [3.8, 4) is 11.6 Å². The highest BCUT2D eigenvalue weighted by Gasteiger charge is 2.02. The van der Waals surface area contributed by atoms with Gasteiger partial charge in [0.25, 0.3) is 0 Å². The number of hydrogen-bond acceptors (Lipinski definition) is 4. The maximum atomic E-state index is 5.68. The quantitative estimate of drug-likeness (QED) is 0.735. The van der Waals surface area contributed by atoms with Crippen molar-refractivity contribution in [2.45, 2.75) is 6.54 Å². The van der Waals surface area contributed by atoms with Crippen LogP contribution in [0.5, 0.6) is 11.6 Å². The fraction of sp³-hybridized carbons (Fsp3) is 0.0769. The van der Waals surface area contributed by atoms with Gasteiger partial charge in [-0.3, -0.25) is 0 Å². The molecule has 0 aliphatic rings. The van der Waals surface area contributed by atoms with Crippen LogP contribution in [0.15, 0.2) is 42.9 Å². The standard InChI is InChI=1S/C13H12N4O/c14-7-10-6-13(17-8-16-10)18-11-1-2-12-9(5-11)3-4-15-12/h1-6,8,15H,7,14H2. The number of rotatable bonds is 3. The first kappa shape index (κ1) is 10.7. The summed E-state index contributed by atoms with van der Waals surface area (Å²) in [7, 11) is 0. The van der Waals surface area contributed by atoms with E-state index in [2.05, 4.69) is 15.0 Å². The molecule has 3 N–H and O–H groups in total. The lowest BCUT2D eigenvalue weighted by atomic mass is 10.2. The molecule has 18 heavy (non-hydrogen) atoms. The smallest absolute Gasteiger partial charge is 0.222 e. The molecule has 3 rings (SSSR count). The summed E-state index contributed by atoms with van der Waals surface area (Å²) in [6, 6.07) is 9.55. The van der Waals surface area contributed by atoms with E-state index >= 15 is 0 Å². The Hall–Kier alpha value is -2.40. The number of nitrogens with one attached hydrogen (secondary N) is 1. The summed E-state index contributed by atoms with van der Waals surface area (Å²) in [5, 5.41) is 1.10. The van der Waals surface area contributed by atoms with Crippen molar-refractivity contribution < 1.29 is 4.74 Å². The Bertz CT molecular complexity index is 677. The van der Waals surface area contributed by atoms with Gasteiger partial charge in [0.1, 0.15) is 12.1 Å². The van der Waals surface area contributed by atoms with Crippen molar-refractivity contribution >= 4 is 10.9 Å². The third kappa shape index (κ3) is 2.03. The van der Waals surface area contributed by atoms with E-state index in [0.29, 0.717) is 12.4 Å². The lowest BCUT2D eigenvalue weighted by molar-refractivity contribution is 0.461. The average molecular weight is 240 g/mol. The van der Waals surface area contributed by atoms with Crippen LogP contribution in [0.2, 0.25) is 0 Å². The van der Waals surface area contributed by atoms with Crippen LogP contribution in [0.4, 0.5) is 0 Å². The summed E-state index contributed by atoms with van der Waals surface area (Å²) in [5.74, 6) is 1.24. The van der Waals surface area contributed by atoms with Crippen LogP contribution in [0, 0.1) is 0 Å². The Morgan fingerprint density at radius 1 is 1.17 bits per heavy atom. The summed E-state index contributed by atoms with van der Waals surface area (Å²) >= 11 is 0. The van der Waals surface area contributed by atoms with Gasteiger partial charge >= 0.3 is 0 Å². The Morgan fingerprint density at radius 3 is 3.00 bits per heavy atom. The molecular formula is C13H12N4O. The molecule has 90 valence electrons. The van der Waals surface area contributed by atoms with Gasteiger partial charge in [0.05, 0.1) is 5.69 Å². The first-order valence-electron chi connectivity index (χ1n) is 5.61. The Balaban J connectivity index is 1.90. The highest BCUT2D eigenvalue weighted by atomic mass is 16.5. The molecule has 0 atom stereocenters. The van der Waals surface area contributed by atoms with Crippen molar-refractivity contribution in [3.63, 3.8) is 0 Å². The molecule has 0 spiro atoms. The maximum Gasteiger partial charge on any atom is 0.222 e. The zero-order valence-corrected chi connectivity index (χ0v) is 9.63. The first-order valence-corrected chi connectivity index (χ1v) is 5.61. The van der Waals surface area contributed by atoms with Gasteiger partial charge in [-0.15, -0.1) is 0 Å². The largest absolute Gasteiger partial charge is 0.439 e. The molecule has 0 saturated heterocycles. The van der Waals surface area contributed by atoms with Crippen LogP contribution in [-0.4, -0.2) is 15.0 Å². The van der Waals surface area contributed by atoms with Gasteiger partial charge in [-0.05, 0) is 24.3 Å². The van der Waals surface area contributed by atoms with E-state index in [4.69, 9.17) is 10.5 Å². The third-order valence-corrected chi connectivity index (χ3v) is 2.65. The molecule has 1 aromatic carbocycles. The normalized spacial score (nSPS) is 10.7. The molecule has 0 unspecified atom stereocenters. The zero-order chi connectivity index (χ0) is 12.4. The second-order valence-electron chi connectivity index (χ2n) is 3.88. The molecule has 0 fully saturated rings. The number of benzene rings is 1. The molecule has 3 aromatic rings. The molecule has 2 heterocycles. The summed E-state index contributed by atoms with van der Waals surface area (Å²) in [6.45, 7) is 0.371. The van der Waals surface area contributed by atoms with Gasteiger partial charge in [0.2, 0.25) is 5.88 Å². The van der Waals surface area contributed by atoms with Crippen molar-refractivity contribution in [3.05, 3.63) is 48.5 Å². The summed E-state index contributed by atoms with van der Waals surface area (Å²) in [5.41, 5.74) is 7.35. The minimum atomic E-state index is 0.371. The van der Waals surface area contributed by atoms with E-state index in [1.165, 1.54) is 6.33 Å². The van der Waals surface area contributed by atoms with E-state index in [1.54, 1.807) is 6.07 Å². The zero-order valence-electron chi connectivity index (χ0n) is 9.63. The molecule has 0 bridgehead atoms. The molecule has 0 aliphatic heterocycles. The van der Waals surface area contributed by atoms with Crippen LogP contribution in [-0.2, 0) is 6.54 Å². The number of aromatic amines is 1. The fourth-order valence-electron chi connectivity index (χ4n) is 1.76. The van der Waals surface area contributed by atoms with E-state index in [1.807, 2.05) is 30.5 Å². The van der Waals surface area contributed by atoms with Crippen LogP contribution < -0.4 is 10.5 Å². The molecule has 5 heteroatoms. The van der Waals surface area contributed by atoms with Crippen LogP contribution in [0.3, 0.4) is 0 Å². The SMILES string of the molecule is NCc1cc(Oc2ccc3[nH]ccc3c2)ncn1. The maximum absolute atomic E-state index is 5.68. The van der Waals surface area contributed by atoms with E-state index in [9.17, 15) is 0 Å². The minimum absolute atomic E-state index is 0.371. The minimum Gasteiger partial charge on any atom is -0.439 e. The summed E-state index contributed by atoms with van der Waals surface area (Å²) in [4.78, 5) is 11.2. The number of nitrogens with two attached hydrogens (primary N) is 1. The van der Waals surface area contributed by atoms with Crippen molar-refractivity contribution in [2.24, 2.45) is 5.73 Å². The van der Waals surface area contributed by atoms with Crippen LogP contribution in [0.1, 0.15) is 5.69 Å². The topological polar surface area (TPSA) is 76.8 Å². The Labute approximate surface area is 104 Å². The average Bonchev–Trinajstić information content (AvgIpc) is 2.86. The Morgan fingerprint density at radius 2 is 2.11 bits per heavy atom. The fourth-order valence-corrected chi connectivity index (χ4v) is 1.76. The van der Waals surface area contributed by atoms with Gasteiger partial charge in [0.15, 0.2) is 0 Å². The highest BCUT2D eigenvalue weighted by Crippen LogP contribution is 2.23. The van der Waals surface area contributed by atoms with E-state index in [-0.39, 0.29) is 0 Å².